The number of ether oxygens (including phenoxy) is 1. The molecule has 34 heavy (non-hydrogen) atoms. The van der Waals surface area contributed by atoms with Crippen LogP contribution in [0.25, 0.3) is 0 Å². The molecular weight excluding hydrogens is 490 g/mol. The van der Waals surface area contributed by atoms with Crippen LogP contribution < -0.4 is 16.0 Å². The maximum atomic E-state index is 15.0. The highest BCUT2D eigenvalue weighted by Crippen LogP contribution is 2.31. The first-order valence-corrected chi connectivity index (χ1v) is 11.9. The van der Waals surface area contributed by atoms with E-state index in [0.29, 0.717) is 26.2 Å². The molecule has 2 amide bonds. The van der Waals surface area contributed by atoms with Crippen molar-refractivity contribution in [2.75, 3.05) is 42.7 Å². The van der Waals surface area contributed by atoms with Crippen molar-refractivity contribution in [2.45, 2.75) is 31.5 Å². The van der Waals surface area contributed by atoms with Crippen LogP contribution in [0.1, 0.15) is 31.1 Å². The third-order valence-electron chi connectivity index (χ3n) is 4.83. The van der Waals surface area contributed by atoms with Gasteiger partial charge in [-0.25, -0.2) is 23.5 Å². The van der Waals surface area contributed by atoms with Crippen LogP contribution in [0.3, 0.4) is 0 Å². The van der Waals surface area contributed by atoms with Gasteiger partial charge in [-0.05, 0) is 27.0 Å². The second kappa shape index (κ2) is 10.2. The summed E-state index contributed by atoms with van der Waals surface area (Å²) in [4.78, 5) is 35.2. The summed E-state index contributed by atoms with van der Waals surface area (Å²) in [5.41, 5.74) is 4.30. The van der Waals surface area contributed by atoms with Crippen molar-refractivity contribution in [3.63, 3.8) is 0 Å². The number of hydrogen-bond donors (Lipinski definition) is 2. The number of nitrogens with two attached hydrogens (primary N) is 1. The molecule has 0 bridgehead atoms. The summed E-state index contributed by atoms with van der Waals surface area (Å²) in [6.45, 7) is 6.53. The van der Waals surface area contributed by atoms with E-state index in [-0.39, 0.29) is 33.1 Å². The standard InChI is InChI=1S/C21H25ClF2N6O3S/c1-21(2,3)33-20(32)30-7-5-29(6-8-30)14-10-11(23)13(9-12(14)24)26-18-15(17(25)31)16(22)27-19(28-18)34-4/h9-10H,5-8H2,1-4H3,(H2,25,31)(H,26,27,28). The Bertz CT molecular complexity index is 1110. The minimum atomic E-state index is -0.916. The molecule has 1 aliphatic heterocycles. The monoisotopic (exact) mass is 514 g/mol. The first-order valence-electron chi connectivity index (χ1n) is 10.3. The number of carbonyl (C=O) groups is 2. The second-order valence-corrected chi connectivity index (χ2v) is 9.58. The number of benzene rings is 1. The Balaban J connectivity index is 1.79. The largest absolute Gasteiger partial charge is 0.444 e. The van der Waals surface area contributed by atoms with Crippen molar-refractivity contribution in [1.29, 1.82) is 0 Å². The minimum absolute atomic E-state index is 0.0486. The van der Waals surface area contributed by atoms with Gasteiger partial charge in [-0.3, -0.25) is 4.79 Å². The first-order chi connectivity index (χ1) is 15.9. The van der Waals surface area contributed by atoms with Gasteiger partial charge in [0.15, 0.2) is 5.16 Å². The van der Waals surface area contributed by atoms with Crippen LogP contribution in [0.2, 0.25) is 5.15 Å². The number of aromatic nitrogens is 2. The number of halogens is 3. The molecule has 0 unspecified atom stereocenters. The van der Waals surface area contributed by atoms with Gasteiger partial charge in [0, 0.05) is 38.3 Å². The minimum Gasteiger partial charge on any atom is -0.444 e. The molecule has 3 rings (SSSR count). The van der Waals surface area contributed by atoms with Crippen LogP contribution >= 0.6 is 23.4 Å². The molecule has 13 heteroatoms. The third kappa shape index (κ3) is 5.98. The van der Waals surface area contributed by atoms with Crippen LogP contribution in [0, 0.1) is 11.6 Å². The number of thioether (sulfide) groups is 1. The summed E-state index contributed by atoms with van der Waals surface area (Å²) in [6.07, 6.45) is 1.24. The Hall–Kier alpha value is -2.86. The molecule has 2 heterocycles. The molecule has 3 N–H and O–H groups in total. The molecule has 0 atom stereocenters. The summed E-state index contributed by atoms with van der Waals surface area (Å²) in [7, 11) is 0. The van der Waals surface area contributed by atoms with Crippen LogP contribution in [0.15, 0.2) is 17.3 Å². The lowest BCUT2D eigenvalue weighted by atomic mass is 10.2. The fourth-order valence-electron chi connectivity index (χ4n) is 3.27. The van der Waals surface area contributed by atoms with E-state index in [1.807, 2.05) is 0 Å². The van der Waals surface area contributed by atoms with Crippen molar-refractivity contribution < 1.29 is 23.1 Å². The number of carbonyl (C=O) groups excluding carboxylic acids is 2. The van der Waals surface area contributed by atoms with Gasteiger partial charge in [0.2, 0.25) is 0 Å². The number of nitrogens with one attached hydrogen (secondary N) is 1. The highest BCUT2D eigenvalue weighted by Gasteiger charge is 2.28. The molecule has 0 aliphatic carbocycles. The number of piperazine rings is 1. The Labute approximate surface area is 205 Å². The summed E-state index contributed by atoms with van der Waals surface area (Å²) in [6, 6.07) is 2.01. The summed E-state index contributed by atoms with van der Waals surface area (Å²) in [5, 5.41) is 2.62. The van der Waals surface area contributed by atoms with E-state index >= 15 is 0 Å². The molecule has 0 radical (unpaired) electrons. The first kappa shape index (κ1) is 25.8. The van der Waals surface area contributed by atoms with Gasteiger partial charge in [0.25, 0.3) is 5.91 Å². The molecule has 1 aromatic carbocycles. The van der Waals surface area contributed by atoms with Gasteiger partial charge in [-0.1, -0.05) is 23.4 Å². The van der Waals surface area contributed by atoms with Crippen LogP contribution in [0.5, 0.6) is 0 Å². The van der Waals surface area contributed by atoms with E-state index in [9.17, 15) is 18.4 Å². The van der Waals surface area contributed by atoms with E-state index in [2.05, 4.69) is 15.3 Å². The van der Waals surface area contributed by atoms with Crippen molar-refractivity contribution >= 4 is 52.6 Å². The topological polar surface area (TPSA) is 114 Å². The Morgan fingerprint density at radius 2 is 1.79 bits per heavy atom. The van der Waals surface area contributed by atoms with Crippen molar-refractivity contribution in [1.82, 2.24) is 14.9 Å². The molecule has 0 saturated carbocycles. The molecule has 0 spiro atoms. The smallest absolute Gasteiger partial charge is 0.410 e. The van der Waals surface area contributed by atoms with E-state index in [1.165, 1.54) is 4.90 Å². The zero-order valence-electron chi connectivity index (χ0n) is 19.1. The lowest BCUT2D eigenvalue weighted by molar-refractivity contribution is 0.0240. The molecule has 2 aromatic rings. The van der Waals surface area contributed by atoms with Gasteiger partial charge < -0.3 is 25.6 Å². The number of nitrogens with zero attached hydrogens (tertiary/aromatic N) is 4. The molecule has 184 valence electrons. The SMILES string of the molecule is CSc1nc(Cl)c(C(N)=O)c(Nc2cc(F)c(N3CCN(C(=O)OC(C)(C)C)CC3)cc2F)n1. The molecule has 9 nitrogen and oxygen atoms in total. The van der Waals surface area contributed by atoms with E-state index < -0.39 is 29.2 Å². The number of amides is 2. The second-order valence-electron chi connectivity index (χ2n) is 8.45. The molecular formula is C21H25ClF2N6O3S. The quantitative estimate of drug-likeness (QED) is 0.349. The van der Waals surface area contributed by atoms with Gasteiger partial charge in [-0.2, -0.15) is 0 Å². The van der Waals surface area contributed by atoms with Gasteiger partial charge in [-0.15, -0.1) is 0 Å². The number of hydrogen-bond acceptors (Lipinski definition) is 8. The van der Waals surface area contributed by atoms with Crippen LogP contribution in [-0.2, 0) is 4.74 Å². The molecule has 1 aromatic heterocycles. The molecule has 1 saturated heterocycles. The lowest BCUT2D eigenvalue weighted by Crippen LogP contribution is -2.50. The zero-order valence-corrected chi connectivity index (χ0v) is 20.7. The molecule has 1 aliphatic rings. The zero-order chi connectivity index (χ0) is 25.2. The predicted molar refractivity (Wildman–Crippen MR) is 127 cm³/mol. The fraction of sp³-hybridized carbons (Fsp3) is 0.429. The van der Waals surface area contributed by atoms with Gasteiger partial charge in [0.05, 0.1) is 11.4 Å². The van der Waals surface area contributed by atoms with Crippen LogP contribution in [0.4, 0.5) is 30.8 Å². The predicted octanol–water partition coefficient (Wildman–Crippen LogP) is 4.03. The van der Waals surface area contributed by atoms with Crippen LogP contribution in [-0.4, -0.2) is 64.9 Å². The van der Waals surface area contributed by atoms with Crippen molar-refractivity contribution in [3.8, 4) is 0 Å². The van der Waals surface area contributed by atoms with Gasteiger partial charge >= 0.3 is 6.09 Å². The lowest BCUT2D eigenvalue weighted by Gasteiger charge is -2.36. The Morgan fingerprint density at radius 1 is 1.15 bits per heavy atom. The van der Waals surface area contributed by atoms with E-state index in [4.69, 9.17) is 22.1 Å². The molecule has 1 fully saturated rings. The Kier molecular flexibility index (Phi) is 7.71. The highest BCUT2D eigenvalue weighted by molar-refractivity contribution is 7.98. The van der Waals surface area contributed by atoms with Gasteiger partial charge in [0.1, 0.15) is 33.8 Å². The summed E-state index contributed by atoms with van der Waals surface area (Å²) >= 11 is 7.18. The number of anilines is 3. The Morgan fingerprint density at radius 3 is 2.35 bits per heavy atom. The number of rotatable bonds is 5. The van der Waals surface area contributed by atoms with E-state index in [1.54, 1.807) is 31.9 Å². The summed E-state index contributed by atoms with van der Waals surface area (Å²) < 4.78 is 35.3. The summed E-state index contributed by atoms with van der Waals surface area (Å²) in [5.74, 6) is -2.52. The average molecular weight is 515 g/mol. The fourth-order valence-corrected chi connectivity index (χ4v) is 3.95. The third-order valence-corrected chi connectivity index (χ3v) is 5.66. The number of primary amides is 1. The highest BCUT2D eigenvalue weighted by atomic mass is 35.5. The maximum Gasteiger partial charge on any atom is 0.410 e. The van der Waals surface area contributed by atoms with E-state index in [0.717, 1.165) is 23.9 Å². The average Bonchev–Trinajstić information content (AvgIpc) is 2.74. The normalized spacial score (nSPS) is 14.2. The van der Waals surface area contributed by atoms with Crippen molar-refractivity contribution in [2.24, 2.45) is 5.73 Å². The maximum absolute atomic E-state index is 15.0. The van der Waals surface area contributed by atoms with Crippen molar-refractivity contribution in [3.05, 3.63) is 34.5 Å².